The van der Waals surface area contributed by atoms with Gasteiger partial charge in [-0.25, -0.2) is 4.39 Å². The highest BCUT2D eigenvalue weighted by molar-refractivity contribution is 9.10. The van der Waals surface area contributed by atoms with E-state index in [1.165, 1.54) is 6.07 Å². The second-order valence-corrected chi connectivity index (χ2v) is 5.31. The molecule has 0 spiro atoms. The van der Waals surface area contributed by atoms with E-state index in [0.717, 1.165) is 21.3 Å². The quantitative estimate of drug-likeness (QED) is 0.926. The molecule has 0 saturated heterocycles. The molecule has 1 heterocycles. The molecule has 19 heavy (non-hydrogen) atoms. The van der Waals surface area contributed by atoms with Crippen LogP contribution in [0.3, 0.4) is 0 Å². The zero-order valence-electron chi connectivity index (χ0n) is 11.0. The van der Waals surface area contributed by atoms with Crippen LogP contribution >= 0.6 is 15.9 Å². The van der Waals surface area contributed by atoms with Crippen molar-refractivity contribution in [1.82, 2.24) is 10.3 Å². The Balaban J connectivity index is 2.29. The minimum Gasteiger partial charge on any atom is -0.313 e. The van der Waals surface area contributed by atoms with Crippen molar-refractivity contribution in [2.45, 2.75) is 19.4 Å². The number of nitrogens with one attached hydrogen (secondary N) is 1. The van der Waals surface area contributed by atoms with E-state index >= 15 is 0 Å². The fraction of sp³-hybridized carbons (Fsp3) is 0.267. The summed E-state index contributed by atoms with van der Waals surface area (Å²) in [6.07, 6.45) is 2.49. The van der Waals surface area contributed by atoms with Gasteiger partial charge >= 0.3 is 0 Å². The van der Waals surface area contributed by atoms with Crippen molar-refractivity contribution in [3.8, 4) is 0 Å². The standard InChI is InChI=1S/C15H16BrFN2/c1-10-13(4-3-7-19-10)15(18-2)9-11-8-12(17)5-6-14(11)16/h3-8,15,18H,9H2,1-2H3. The summed E-state index contributed by atoms with van der Waals surface area (Å²) >= 11 is 3.47. The normalized spacial score (nSPS) is 12.4. The van der Waals surface area contributed by atoms with Crippen molar-refractivity contribution in [3.05, 3.63) is 63.6 Å². The van der Waals surface area contributed by atoms with Crippen LogP contribution < -0.4 is 5.32 Å². The van der Waals surface area contributed by atoms with Gasteiger partial charge in [-0.1, -0.05) is 22.0 Å². The number of nitrogens with zero attached hydrogens (tertiary/aromatic N) is 1. The molecule has 0 aliphatic rings. The molecule has 1 atom stereocenters. The predicted molar refractivity (Wildman–Crippen MR) is 78.6 cm³/mol. The summed E-state index contributed by atoms with van der Waals surface area (Å²) in [6, 6.07) is 8.86. The fourth-order valence-electron chi connectivity index (χ4n) is 2.15. The lowest BCUT2D eigenvalue weighted by Gasteiger charge is -2.19. The number of aryl methyl sites for hydroxylation is 1. The first-order valence-corrected chi connectivity index (χ1v) is 6.94. The monoisotopic (exact) mass is 322 g/mol. The van der Waals surface area contributed by atoms with Crippen LogP contribution in [0.25, 0.3) is 0 Å². The number of hydrogen-bond donors (Lipinski definition) is 1. The van der Waals surface area contributed by atoms with Gasteiger partial charge in [0, 0.05) is 22.4 Å². The molecule has 2 rings (SSSR count). The van der Waals surface area contributed by atoms with E-state index in [9.17, 15) is 4.39 Å². The van der Waals surface area contributed by atoms with Crippen molar-refractivity contribution in [2.24, 2.45) is 0 Å². The van der Waals surface area contributed by atoms with Crippen LogP contribution in [0.2, 0.25) is 0 Å². The molecule has 0 saturated carbocycles. The van der Waals surface area contributed by atoms with Crippen molar-refractivity contribution in [2.75, 3.05) is 7.05 Å². The molecule has 4 heteroatoms. The zero-order valence-corrected chi connectivity index (χ0v) is 12.5. The molecular formula is C15H16BrFN2. The van der Waals surface area contributed by atoms with Crippen LogP contribution in [0, 0.1) is 12.7 Å². The van der Waals surface area contributed by atoms with Gasteiger partial charge in [0.05, 0.1) is 0 Å². The van der Waals surface area contributed by atoms with E-state index in [4.69, 9.17) is 0 Å². The molecule has 2 nitrogen and oxygen atoms in total. The van der Waals surface area contributed by atoms with Gasteiger partial charge in [0.1, 0.15) is 5.82 Å². The molecule has 1 aromatic heterocycles. The Morgan fingerprint density at radius 1 is 1.37 bits per heavy atom. The summed E-state index contributed by atoms with van der Waals surface area (Å²) in [4.78, 5) is 4.30. The Labute approximate surface area is 121 Å². The maximum atomic E-state index is 13.3. The van der Waals surface area contributed by atoms with Crippen LogP contribution in [0.4, 0.5) is 4.39 Å². The summed E-state index contributed by atoms with van der Waals surface area (Å²) in [5.41, 5.74) is 3.08. The van der Waals surface area contributed by atoms with Crippen molar-refractivity contribution < 1.29 is 4.39 Å². The lowest BCUT2D eigenvalue weighted by molar-refractivity contribution is 0.578. The van der Waals surface area contributed by atoms with E-state index in [1.807, 2.05) is 20.0 Å². The van der Waals surface area contributed by atoms with E-state index in [-0.39, 0.29) is 11.9 Å². The molecule has 0 amide bonds. The summed E-state index contributed by atoms with van der Waals surface area (Å²) < 4.78 is 14.3. The van der Waals surface area contributed by atoms with Crippen LogP contribution in [0.5, 0.6) is 0 Å². The maximum Gasteiger partial charge on any atom is 0.123 e. The highest BCUT2D eigenvalue weighted by atomic mass is 79.9. The van der Waals surface area contributed by atoms with Gasteiger partial charge in [-0.05, 0) is 55.8 Å². The topological polar surface area (TPSA) is 24.9 Å². The van der Waals surface area contributed by atoms with Gasteiger partial charge in [0.25, 0.3) is 0 Å². The third kappa shape index (κ3) is 3.39. The molecule has 1 unspecified atom stereocenters. The molecular weight excluding hydrogens is 307 g/mol. The first kappa shape index (κ1) is 14.2. The molecule has 0 bridgehead atoms. The Hall–Kier alpha value is -1.26. The minimum absolute atomic E-state index is 0.117. The van der Waals surface area contributed by atoms with Crippen molar-refractivity contribution in [1.29, 1.82) is 0 Å². The maximum absolute atomic E-state index is 13.3. The largest absolute Gasteiger partial charge is 0.313 e. The fourth-order valence-corrected chi connectivity index (χ4v) is 2.56. The number of halogens is 2. The third-order valence-corrected chi connectivity index (χ3v) is 3.98. The molecule has 1 N–H and O–H groups in total. The average Bonchev–Trinajstić information content (AvgIpc) is 2.41. The summed E-state index contributed by atoms with van der Waals surface area (Å²) in [5, 5.41) is 3.27. The number of pyridine rings is 1. The van der Waals surface area contributed by atoms with Gasteiger partial charge in [-0.2, -0.15) is 0 Å². The predicted octanol–water partition coefficient (Wildman–Crippen LogP) is 3.79. The molecule has 0 aliphatic heterocycles. The second-order valence-electron chi connectivity index (χ2n) is 4.46. The van der Waals surface area contributed by atoms with Gasteiger partial charge < -0.3 is 5.32 Å². The number of benzene rings is 1. The smallest absolute Gasteiger partial charge is 0.123 e. The molecule has 0 aliphatic carbocycles. The first-order chi connectivity index (χ1) is 9.11. The van der Waals surface area contributed by atoms with E-state index < -0.39 is 0 Å². The summed E-state index contributed by atoms with van der Waals surface area (Å²) in [7, 11) is 1.91. The highest BCUT2D eigenvalue weighted by Gasteiger charge is 2.14. The molecule has 0 radical (unpaired) electrons. The lowest BCUT2D eigenvalue weighted by atomic mass is 9.98. The van der Waals surface area contributed by atoms with Crippen LogP contribution in [0.1, 0.15) is 22.9 Å². The van der Waals surface area contributed by atoms with Gasteiger partial charge in [-0.15, -0.1) is 0 Å². The van der Waals surface area contributed by atoms with Gasteiger partial charge in [0.2, 0.25) is 0 Å². The Kier molecular flexibility index (Phi) is 4.66. The summed E-state index contributed by atoms with van der Waals surface area (Å²) in [6.45, 7) is 1.99. The first-order valence-electron chi connectivity index (χ1n) is 6.14. The molecule has 1 aromatic carbocycles. The summed E-state index contributed by atoms with van der Waals surface area (Å²) in [5.74, 6) is -0.212. The number of likely N-dealkylation sites (N-methyl/N-ethyl adjacent to an activating group) is 1. The molecule has 100 valence electrons. The van der Waals surface area contributed by atoms with E-state index in [2.05, 4.69) is 32.3 Å². The average molecular weight is 323 g/mol. The number of aromatic nitrogens is 1. The number of hydrogen-bond acceptors (Lipinski definition) is 2. The SMILES string of the molecule is CNC(Cc1cc(F)ccc1Br)c1cccnc1C. The second kappa shape index (κ2) is 6.26. The highest BCUT2D eigenvalue weighted by Crippen LogP contribution is 2.25. The van der Waals surface area contributed by atoms with Crippen LogP contribution in [-0.2, 0) is 6.42 Å². The zero-order chi connectivity index (χ0) is 13.8. The van der Waals surface area contributed by atoms with Crippen LogP contribution in [-0.4, -0.2) is 12.0 Å². The van der Waals surface area contributed by atoms with Crippen molar-refractivity contribution in [3.63, 3.8) is 0 Å². The third-order valence-electron chi connectivity index (χ3n) is 3.20. The van der Waals surface area contributed by atoms with Crippen LogP contribution in [0.15, 0.2) is 41.0 Å². The van der Waals surface area contributed by atoms with Gasteiger partial charge in [0.15, 0.2) is 0 Å². The molecule has 2 aromatic rings. The Bertz CT molecular complexity index is 572. The lowest BCUT2D eigenvalue weighted by Crippen LogP contribution is -2.20. The molecule has 0 fully saturated rings. The van der Waals surface area contributed by atoms with Gasteiger partial charge in [-0.3, -0.25) is 4.98 Å². The van der Waals surface area contributed by atoms with E-state index in [0.29, 0.717) is 6.42 Å². The van der Waals surface area contributed by atoms with E-state index in [1.54, 1.807) is 18.3 Å². The Morgan fingerprint density at radius 2 is 2.16 bits per heavy atom. The Morgan fingerprint density at radius 3 is 2.84 bits per heavy atom. The van der Waals surface area contributed by atoms with Crippen molar-refractivity contribution >= 4 is 15.9 Å². The number of rotatable bonds is 4. The minimum atomic E-state index is -0.212.